The van der Waals surface area contributed by atoms with Gasteiger partial charge in [0.15, 0.2) is 31.3 Å². The Hall–Kier alpha value is -2.86. The predicted octanol–water partition coefficient (Wildman–Crippen LogP) is -5.52. The summed E-state index contributed by atoms with van der Waals surface area (Å²) in [7, 11) is 0. The van der Waals surface area contributed by atoms with Gasteiger partial charge in [0.2, 0.25) is 17.7 Å². The lowest BCUT2D eigenvalue weighted by molar-refractivity contribution is -0.373. The zero-order valence-electron chi connectivity index (χ0n) is 32.3. The normalized spacial score (nSPS) is 43.6. The number of carboxylic acid groups (broad SMARTS) is 1. The maximum atomic E-state index is 14.1. The maximum absolute atomic E-state index is 14.1. The van der Waals surface area contributed by atoms with Crippen LogP contribution in [0.2, 0.25) is 0 Å². The van der Waals surface area contributed by atoms with E-state index in [2.05, 4.69) is 16.0 Å². The summed E-state index contributed by atoms with van der Waals surface area (Å²) in [5, 5.41) is 83.0. The number of aliphatic hydroxyl groups excluding tert-OH is 6. The van der Waals surface area contributed by atoms with E-state index in [0.29, 0.717) is 0 Å². The highest BCUT2D eigenvalue weighted by Crippen LogP contribution is 2.35. The maximum Gasteiger partial charge on any atom is 0.335 e. The van der Waals surface area contributed by atoms with Crippen LogP contribution in [0.3, 0.4) is 0 Å². The van der Waals surface area contributed by atoms with Gasteiger partial charge in [-0.05, 0) is 20.8 Å². The Morgan fingerprint density at radius 2 is 1.00 bits per heavy atom. The molecule has 58 heavy (non-hydrogen) atoms. The minimum absolute atomic E-state index is 0.707. The molecular formula is C33H54F2N4O19. The number of ether oxygens (including phenoxy) is 8. The van der Waals surface area contributed by atoms with Gasteiger partial charge in [0.1, 0.15) is 79.7 Å². The molecule has 4 rings (SSSR count). The first-order valence-corrected chi connectivity index (χ1v) is 18.4. The summed E-state index contributed by atoms with van der Waals surface area (Å²) in [5.41, 5.74) is 5.13. The van der Waals surface area contributed by atoms with Gasteiger partial charge in [0.25, 0.3) is 5.92 Å². The largest absolute Gasteiger partial charge is 0.479 e. The second-order valence-electron chi connectivity index (χ2n) is 14.7. The lowest BCUT2D eigenvalue weighted by atomic mass is 9.94. The van der Waals surface area contributed by atoms with Gasteiger partial charge in [0, 0.05) is 20.8 Å². The molecular weight excluding hydrogens is 794 g/mol. The number of halogens is 2. The van der Waals surface area contributed by atoms with Crippen molar-refractivity contribution in [2.45, 2.75) is 170 Å². The van der Waals surface area contributed by atoms with Crippen molar-refractivity contribution < 1.29 is 102 Å². The first kappa shape index (κ1) is 47.8. The van der Waals surface area contributed by atoms with Crippen LogP contribution in [0.4, 0.5) is 8.78 Å². The second-order valence-corrected chi connectivity index (χ2v) is 14.7. The summed E-state index contributed by atoms with van der Waals surface area (Å²) >= 11 is 0. The van der Waals surface area contributed by atoms with Gasteiger partial charge < -0.3 is 95.3 Å². The lowest BCUT2D eigenvalue weighted by Crippen LogP contribution is -2.71. The van der Waals surface area contributed by atoms with Crippen molar-refractivity contribution in [3.05, 3.63) is 0 Å². The average Bonchev–Trinajstić information content (AvgIpc) is 3.13. The van der Waals surface area contributed by atoms with Crippen LogP contribution in [-0.2, 0) is 57.1 Å². The molecule has 4 fully saturated rings. The van der Waals surface area contributed by atoms with Crippen molar-refractivity contribution in [3.8, 4) is 0 Å². The number of nitrogens with one attached hydrogen (secondary N) is 3. The van der Waals surface area contributed by atoms with Crippen molar-refractivity contribution in [2.75, 3.05) is 13.2 Å². The number of nitrogens with two attached hydrogens (primary N) is 1. The fourth-order valence-corrected chi connectivity index (χ4v) is 6.94. The molecule has 0 radical (unpaired) electrons. The lowest BCUT2D eigenvalue weighted by Gasteiger charge is -2.50. The number of amides is 3. The molecule has 11 unspecified atom stereocenters. The third kappa shape index (κ3) is 11.1. The van der Waals surface area contributed by atoms with Crippen molar-refractivity contribution in [3.63, 3.8) is 0 Å². The van der Waals surface area contributed by atoms with Gasteiger partial charge in [-0.25, -0.2) is 13.6 Å². The molecule has 334 valence electrons. The Bertz CT molecular complexity index is 1440. The quantitative estimate of drug-likeness (QED) is 0.0776. The van der Waals surface area contributed by atoms with Crippen LogP contribution in [0.25, 0.3) is 0 Å². The Morgan fingerprint density at radius 3 is 1.48 bits per heavy atom. The van der Waals surface area contributed by atoms with Crippen LogP contribution < -0.4 is 21.7 Å². The van der Waals surface area contributed by atoms with E-state index in [1.807, 2.05) is 0 Å². The van der Waals surface area contributed by atoms with Gasteiger partial charge >= 0.3 is 5.97 Å². The summed E-state index contributed by atoms with van der Waals surface area (Å²) < 4.78 is 74.4. The smallest absolute Gasteiger partial charge is 0.335 e. The monoisotopic (exact) mass is 848 g/mol. The standard InChI is InChI=1S/C33H54F2N4O19/c1-9-18(43)21(46)15(37-12(4)40)30(53-9)58-27-23(48)22(47)26(28(49)50)57-32(27)56-25-17(39-14(6)42)31(54-11(3)20(25)45)55-24-16(38-13(5)41)29(52-10(2)19(24)44)51-8-33(34,35)7-36/h9-11,15-27,29-32,43-48H,7-8,36H2,1-6H3,(H,37,40)(H,38,41)(H,39,42)(H,49,50)/t9?,10?,11?,15?,16?,17?,18-,19+,20-,21?,22+,23?,24?,25?,26?,27+,29-,30+,31+,32-/m1/s1. The molecule has 4 heterocycles. The fourth-order valence-electron chi connectivity index (χ4n) is 6.94. The molecule has 0 aromatic heterocycles. The molecule has 20 atom stereocenters. The molecule has 0 aromatic carbocycles. The number of carboxylic acids is 1. The van der Waals surface area contributed by atoms with Gasteiger partial charge in [-0.1, -0.05) is 0 Å². The third-order valence-electron chi connectivity index (χ3n) is 10.00. The SMILES string of the molecule is CC(=O)NC1C(O)[C@H](O)C(C)O[C@H]1O[C@H]1C(O)[C@H](O)C(C(=O)O)O[C@H]1OC1C(NC(C)=O)[C@H](OC2C(NC(C)=O)[C@H](OCC(F)(F)CN)OC(C)[C@@H]2O)OC(C)[C@H]1O. The number of carbonyl (C=O) groups is 4. The van der Waals surface area contributed by atoms with E-state index in [-0.39, 0.29) is 0 Å². The van der Waals surface area contributed by atoms with Crippen LogP contribution in [0.5, 0.6) is 0 Å². The number of hydrogen-bond donors (Lipinski definition) is 11. The zero-order valence-corrected chi connectivity index (χ0v) is 32.3. The molecule has 4 aliphatic heterocycles. The van der Waals surface area contributed by atoms with Crippen LogP contribution in [0, 0.1) is 0 Å². The molecule has 12 N–H and O–H groups in total. The average molecular weight is 849 g/mol. The van der Waals surface area contributed by atoms with Crippen LogP contribution in [0.1, 0.15) is 41.5 Å². The van der Waals surface area contributed by atoms with E-state index >= 15 is 0 Å². The molecule has 3 amide bonds. The molecule has 23 nitrogen and oxygen atoms in total. The third-order valence-corrected chi connectivity index (χ3v) is 10.00. The van der Waals surface area contributed by atoms with Crippen molar-refractivity contribution >= 4 is 23.7 Å². The summed E-state index contributed by atoms with van der Waals surface area (Å²) in [5.74, 6) is -7.51. The van der Waals surface area contributed by atoms with E-state index in [9.17, 15) is 63.7 Å². The number of carbonyl (C=O) groups excluding carboxylic acids is 3. The zero-order chi connectivity index (χ0) is 43.5. The Morgan fingerprint density at radius 1 is 0.586 bits per heavy atom. The molecule has 4 saturated heterocycles. The Labute approximate surface area is 330 Å². The van der Waals surface area contributed by atoms with E-state index in [1.165, 1.54) is 20.8 Å². The molecule has 0 aromatic rings. The number of alkyl halides is 2. The van der Waals surface area contributed by atoms with E-state index in [1.54, 1.807) is 0 Å². The number of rotatable bonds is 14. The van der Waals surface area contributed by atoms with Gasteiger partial charge in [-0.3, -0.25) is 14.4 Å². The van der Waals surface area contributed by atoms with E-state index in [4.69, 9.17) is 43.6 Å². The molecule has 0 bridgehead atoms. The van der Waals surface area contributed by atoms with Gasteiger partial charge in [-0.2, -0.15) is 0 Å². The molecule has 0 aliphatic carbocycles. The van der Waals surface area contributed by atoms with Gasteiger partial charge in [0.05, 0.1) is 24.9 Å². The summed E-state index contributed by atoms with van der Waals surface area (Å²) in [6.45, 7) is 4.88. The summed E-state index contributed by atoms with van der Waals surface area (Å²) in [6.07, 6.45) is -29.4. The molecule has 0 saturated carbocycles. The van der Waals surface area contributed by atoms with Crippen LogP contribution in [0.15, 0.2) is 0 Å². The Balaban J connectivity index is 1.71. The first-order valence-electron chi connectivity index (χ1n) is 18.4. The van der Waals surface area contributed by atoms with Gasteiger partial charge in [-0.15, -0.1) is 0 Å². The molecule has 25 heteroatoms. The molecule has 0 spiro atoms. The second kappa shape index (κ2) is 19.7. The summed E-state index contributed by atoms with van der Waals surface area (Å²) in [6, 6.07) is -4.67. The minimum Gasteiger partial charge on any atom is -0.479 e. The highest BCUT2D eigenvalue weighted by atomic mass is 19.3. The van der Waals surface area contributed by atoms with Crippen molar-refractivity contribution in [2.24, 2.45) is 5.73 Å². The number of aliphatic carboxylic acids is 1. The van der Waals surface area contributed by atoms with Crippen molar-refractivity contribution in [1.29, 1.82) is 0 Å². The minimum atomic E-state index is -3.52. The van der Waals surface area contributed by atoms with Crippen molar-refractivity contribution in [1.82, 2.24) is 16.0 Å². The highest BCUT2D eigenvalue weighted by Gasteiger charge is 2.57. The number of aliphatic hydroxyl groups is 6. The first-order chi connectivity index (χ1) is 27.0. The summed E-state index contributed by atoms with van der Waals surface area (Å²) in [4.78, 5) is 49.1. The predicted molar refractivity (Wildman–Crippen MR) is 183 cm³/mol. The van der Waals surface area contributed by atoms with Crippen LogP contribution >= 0.6 is 0 Å². The van der Waals surface area contributed by atoms with Crippen LogP contribution in [-0.4, -0.2) is 201 Å². The number of hydrogen-bond acceptors (Lipinski definition) is 19. The van der Waals surface area contributed by atoms with E-state index < -0.39 is 165 Å². The fraction of sp³-hybridized carbons (Fsp3) is 0.879. The topological polar surface area (TPSA) is 346 Å². The molecule has 4 aliphatic rings. The van der Waals surface area contributed by atoms with E-state index in [0.717, 1.165) is 20.8 Å². The highest BCUT2D eigenvalue weighted by molar-refractivity contribution is 5.74. The Kier molecular flexibility index (Phi) is 16.2.